The topological polar surface area (TPSA) is 92.2 Å². The number of sulfonamides is 1. The largest absolute Gasteiger partial charge is 0.392 e. The third-order valence-corrected chi connectivity index (χ3v) is 3.62. The maximum atomic E-state index is 11.9. The minimum atomic E-state index is -3.52. The number of nitrogens with one attached hydrogen (secondary N) is 1. The number of anilines is 1. The van der Waals surface area contributed by atoms with Gasteiger partial charge in [-0.25, -0.2) is 18.4 Å². The first-order valence-corrected chi connectivity index (χ1v) is 7.18. The van der Waals surface area contributed by atoms with E-state index in [1.54, 1.807) is 24.3 Å². The van der Waals surface area contributed by atoms with Crippen molar-refractivity contribution in [2.24, 2.45) is 0 Å². The van der Waals surface area contributed by atoms with Crippen LogP contribution in [-0.4, -0.2) is 23.5 Å². The molecule has 1 aromatic carbocycles. The van der Waals surface area contributed by atoms with Gasteiger partial charge in [0.25, 0.3) is 0 Å². The molecule has 2 rings (SSSR count). The molecule has 0 spiro atoms. The fourth-order valence-electron chi connectivity index (χ4n) is 1.60. The second-order valence-electron chi connectivity index (χ2n) is 3.97. The van der Waals surface area contributed by atoms with Gasteiger partial charge in [0.1, 0.15) is 6.33 Å². The highest BCUT2D eigenvalue weighted by Gasteiger charge is 2.12. The zero-order chi connectivity index (χ0) is 13.7. The second kappa shape index (κ2) is 5.77. The molecule has 0 unspecified atom stereocenters. The lowest BCUT2D eigenvalue weighted by molar-refractivity contribution is 0.282. The third kappa shape index (κ3) is 4.01. The maximum absolute atomic E-state index is 11.9. The number of rotatable bonds is 5. The lowest BCUT2D eigenvalue weighted by Crippen LogP contribution is -2.15. The van der Waals surface area contributed by atoms with E-state index in [0.717, 1.165) is 0 Å². The van der Waals surface area contributed by atoms with Crippen LogP contribution in [-0.2, 0) is 22.4 Å². The Balaban J connectivity index is 2.12. The molecule has 0 aliphatic heterocycles. The van der Waals surface area contributed by atoms with Gasteiger partial charge in [-0.05, 0) is 11.1 Å². The van der Waals surface area contributed by atoms with Crippen LogP contribution >= 0.6 is 0 Å². The molecule has 0 bridgehead atoms. The van der Waals surface area contributed by atoms with E-state index in [2.05, 4.69) is 14.7 Å². The summed E-state index contributed by atoms with van der Waals surface area (Å²) in [5.41, 5.74) is 1.60. The third-order valence-electron chi connectivity index (χ3n) is 2.36. The summed E-state index contributed by atoms with van der Waals surface area (Å²) in [4.78, 5) is 7.46. The Hall–Kier alpha value is -1.99. The molecule has 0 saturated carbocycles. The van der Waals surface area contributed by atoms with Crippen LogP contribution in [0.2, 0.25) is 0 Å². The molecule has 7 heteroatoms. The van der Waals surface area contributed by atoms with Crippen molar-refractivity contribution in [1.82, 2.24) is 9.97 Å². The highest BCUT2D eigenvalue weighted by molar-refractivity contribution is 7.91. The van der Waals surface area contributed by atoms with Crippen LogP contribution in [0.4, 0.5) is 5.69 Å². The van der Waals surface area contributed by atoms with Crippen molar-refractivity contribution in [3.8, 4) is 0 Å². The van der Waals surface area contributed by atoms with Crippen LogP contribution in [0.15, 0.2) is 43.0 Å². The molecule has 0 atom stereocenters. The van der Waals surface area contributed by atoms with E-state index in [4.69, 9.17) is 5.11 Å². The van der Waals surface area contributed by atoms with Crippen LogP contribution in [0.25, 0.3) is 0 Å². The highest BCUT2D eigenvalue weighted by atomic mass is 32.2. The summed E-state index contributed by atoms with van der Waals surface area (Å²) in [6, 6.07) is 6.79. The molecule has 2 aromatic rings. The Morgan fingerprint density at radius 2 is 1.84 bits per heavy atom. The number of nitrogens with zero attached hydrogens (tertiary/aromatic N) is 2. The number of benzene rings is 1. The van der Waals surface area contributed by atoms with E-state index in [0.29, 0.717) is 16.8 Å². The molecular weight excluding hydrogens is 266 g/mol. The predicted octanol–water partition coefficient (Wildman–Crippen LogP) is 0.911. The lowest BCUT2D eigenvalue weighted by Gasteiger charge is -2.08. The second-order valence-corrected chi connectivity index (χ2v) is 5.69. The van der Waals surface area contributed by atoms with Gasteiger partial charge in [-0.15, -0.1) is 0 Å². The van der Waals surface area contributed by atoms with Crippen molar-refractivity contribution in [2.45, 2.75) is 12.4 Å². The monoisotopic (exact) mass is 279 g/mol. The molecule has 0 aliphatic rings. The Labute approximate surface area is 111 Å². The maximum Gasteiger partial charge on any atom is 0.237 e. The fraction of sp³-hybridized carbons (Fsp3) is 0.167. The first-order chi connectivity index (χ1) is 9.09. The van der Waals surface area contributed by atoms with Crippen molar-refractivity contribution >= 4 is 15.7 Å². The smallest absolute Gasteiger partial charge is 0.237 e. The number of aromatic nitrogens is 2. The molecule has 19 heavy (non-hydrogen) atoms. The zero-order valence-electron chi connectivity index (χ0n) is 10.0. The van der Waals surface area contributed by atoms with Crippen LogP contribution in [0, 0.1) is 0 Å². The van der Waals surface area contributed by atoms with Crippen molar-refractivity contribution in [3.63, 3.8) is 0 Å². The minimum Gasteiger partial charge on any atom is -0.392 e. The van der Waals surface area contributed by atoms with E-state index in [1.165, 1.54) is 18.7 Å². The molecule has 0 fully saturated rings. The summed E-state index contributed by atoms with van der Waals surface area (Å²) in [5, 5.41) is 9.01. The summed E-state index contributed by atoms with van der Waals surface area (Å²) in [6.45, 7) is -0.117. The van der Waals surface area contributed by atoms with Crippen molar-refractivity contribution in [3.05, 3.63) is 54.1 Å². The molecule has 0 amide bonds. The average molecular weight is 279 g/mol. The standard InChI is InChI=1S/C12H13N3O3S/c16-7-10-2-1-3-11(4-10)8-19(17,18)15-12-5-13-9-14-6-12/h1-6,9,15-16H,7-8H2. The van der Waals surface area contributed by atoms with Crippen LogP contribution in [0.1, 0.15) is 11.1 Å². The fourth-order valence-corrected chi connectivity index (χ4v) is 2.76. The molecule has 2 N–H and O–H groups in total. The van der Waals surface area contributed by atoms with Gasteiger partial charge in [0.15, 0.2) is 0 Å². The van der Waals surface area contributed by atoms with Gasteiger partial charge < -0.3 is 5.11 Å². The molecular formula is C12H13N3O3S. The van der Waals surface area contributed by atoms with Crippen LogP contribution < -0.4 is 4.72 Å². The molecule has 0 aliphatic carbocycles. The van der Waals surface area contributed by atoms with Gasteiger partial charge in [0.05, 0.1) is 30.4 Å². The summed E-state index contributed by atoms with van der Waals surface area (Å²) >= 11 is 0. The van der Waals surface area contributed by atoms with E-state index in [1.807, 2.05) is 0 Å². The van der Waals surface area contributed by atoms with Crippen molar-refractivity contribution in [2.75, 3.05) is 4.72 Å². The quantitative estimate of drug-likeness (QED) is 0.848. The normalized spacial score (nSPS) is 11.2. The number of hydrogen-bond donors (Lipinski definition) is 2. The summed E-state index contributed by atoms with van der Waals surface area (Å²) in [5.74, 6) is -0.171. The summed E-state index contributed by atoms with van der Waals surface area (Å²) < 4.78 is 26.3. The van der Waals surface area contributed by atoms with Crippen LogP contribution in [0.5, 0.6) is 0 Å². The molecule has 100 valence electrons. The van der Waals surface area contributed by atoms with Gasteiger partial charge in [-0.1, -0.05) is 24.3 Å². The summed E-state index contributed by atoms with van der Waals surface area (Å²) in [6.07, 6.45) is 4.09. The Kier molecular flexibility index (Phi) is 4.08. The SMILES string of the molecule is O=S(=O)(Cc1cccc(CO)c1)Nc1cncnc1. The van der Waals surface area contributed by atoms with Gasteiger partial charge in [0, 0.05) is 0 Å². The number of aliphatic hydroxyl groups excluding tert-OH is 1. The lowest BCUT2D eigenvalue weighted by atomic mass is 10.1. The Morgan fingerprint density at radius 1 is 1.16 bits per heavy atom. The average Bonchev–Trinajstić information content (AvgIpc) is 2.39. The van der Waals surface area contributed by atoms with Crippen molar-refractivity contribution in [1.29, 1.82) is 0 Å². The first-order valence-electron chi connectivity index (χ1n) is 5.53. The molecule has 1 heterocycles. The van der Waals surface area contributed by atoms with Crippen molar-refractivity contribution < 1.29 is 13.5 Å². The molecule has 1 aromatic heterocycles. The molecule has 0 saturated heterocycles. The number of hydrogen-bond acceptors (Lipinski definition) is 5. The molecule has 0 radical (unpaired) electrons. The first kappa shape index (κ1) is 13.4. The van der Waals surface area contributed by atoms with Gasteiger partial charge in [-0.2, -0.15) is 0 Å². The van der Waals surface area contributed by atoms with Gasteiger partial charge in [0.2, 0.25) is 10.0 Å². The van der Waals surface area contributed by atoms with E-state index in [-0.39, 0.29) is 12.4 Å². The number of aliphatic hydroxyl groups is 1. The summed E-state index contributed by atoms with van der Waals surface area (Å²) in [7, 11) is -3.52. The zero-order valence-corrected chi connectivity index (χ0v) is 10.8. The molecule has 6 nitrogen and oxygen atoms in total. The van der Waals surface area contributed by atoms with E-state index in [9.17, 15) is 8.42 Å². The van der Waals surface area contributed by atoms with Gasteiger partial charge >= 0.3 is 0 Å². The highest BCUT2D eigenvalue weighted by Crippen LogP contribution is 2.12. The Morgan fingerprint density at radius 3 is 2.53 bits per heavy atom. The van der Waals surface area contributed by atoms with Gasteiger partial charge in [-0.3, -0.25) is 4.72 Å². The van der Waals surface area contributed by atoms with E-state index >= 15 is 0 Å². The minimum absolute atomic E-state index is 0.117. The predicted molar refractivity (Wildman–Crippen MR) is 70.6 cm³/mol. The van der Waals surface area contributed by atoms with Crippen LogP contribution in [0.3, 0.4) is 0 Å². The Bertz CT molecular complexity index is 644. The van der Waals surface area contributed by atoms with E-state index < -0.39 is 10.0 Å².